The van der Waals surface area contributed by atoms with Crippen LogP contribution >= 0.6 is 18.5 Å². The smallest absolute Gasteiger partial charge is 0.286 e. The summed E-state index contributed by atoms with van der Waals surface area (Å²) in [5.74, 6) is -2.85. The van der Waals surface area contributed by atoms with Crippen molar-refractivity contribution in [2.45, 2.75) is 44.1 Å². The molecule has 3 N–H and O–H groups in total. The number of rotatable bonds is 8. The number of carbonyl (C=O) groups is 3. The van der Waals surface area contributed by atoms with Gasteiger partial charge < -0.3 is 20.5 Å². The van der Waals surface area contributed by atoms with Gasteiger partial charge in [0.15, 0.2) is 5.65 Å². The van der Waals surface area contributed by atoms with Crippen LogP contribution in [0.5, 0.6) is 0 Å². The quantitative estimate of drug-likeness (QED) is 0.146. The van der Waals surface area contributed by atoms with Gasteiger partial charge >= 0.3 is 0 Å². The Morgan fingerprint density at radius 3 is 2.64 bits per heavy atom. The lowest BCUT2D eigenvalue weighted by Crippen LogP contribution is -2.42. The molecule has 0 aliphatic heterocycles. The zero-order chi connectivity index (χ0) is 32.6. The number of nitroso groups, excluding NO2 is 1. The Kier molecular flexibility index (Phi) is 12.0. The summed E-state index contributed by atoms with van der Waals surface area (Å²) in [6, 6.07) is 2.62. The molecule has 0 radical (unpaired) electrons. The molecule has 1 aliphatic carbocycles. The van der Waals surface area contributed by atoms with E-state index in [0.717, 1.165) is 31.1 Å². The van der Waals surface area contributed by atoms with Gasteiger partial charge in [-0.2, -0.15) is 18.8 Å². The summed E-state index contributed by atoms with van der Waals surface area (Å²) in [4.78, 5) is 53.9. The number of hydrogen-bond donors (Lipinski definition) is 3. The summed E-state index contributed by atoms with van der Waals surface area (Å²) in [5, 5.41) is 20.2. The molecule has 1 aliphatic rings. The maximum Gasteiger partial charge on any atom is 0.286 e. The third kappa shape index (κ3) is 8.40. The highest BCUT2D eigenvalue weighted by Gasteiger charge is 2.29. The van der Waals surface area contributed by atoms with Crippen molar-refractivity contribution in [3.05, 3.63) is 87.5 Å². The van der Waals surface area contributed by atoms with Crippen LogP contribution in [0.15, 0.2) is 59.4 Å². The molecule has 0 saturated heterocycles. The number of amides is 2. The van der Waals surface area contributed by atoms with Crippen molar-refractivity contribution in [1.82, 2.24) is 25.2 Å². The number of aliphatic hydroxyl groups excluding tert-OH is 1. The van der Waals surface area contributed by atoms with Crippen molar-refractivity contribution in [3.63, 3.8) is 0 Å². The van der Waals surface area contributed by atoms with Crippen molar-refractivity contribution >= 4 is 47.5 Å². The molecule has 4 rings (SSSR count). The highest BCUT2D eigenvalue weighted by Crippen LogP contribution is 2.36. The van der Waals surface area contributed by atoms with Gasteiger partial charge in [-0.1, -0.05) is 53.5 Å². The van der Waals surface area contributed by atoms with Gasteiger partial charge in [-0.15, -0.1) is 0 Å². The van der Waals surface area contributed by atoms with Gasteiger partial charge in [-0.25, -0.2) is 13.9 Å². The number of alkyl halides is 2. The van der Waals surface area contributed by atoms with Gasteiger partial charge in [-0.3, -0.25) is 9.59 Å². The molecule has 2 heterocycles. The molecule has 0 spiro atoms. The van der Waals surface area contributed by atoms with Crippen molar-refractivity contribution in [2.75, 3.05) is 7.11 Å². The van der Waals surface area contributed by atoms with E-state index in [0.29, 0.717) is 11.7 Å². The Morgan fingerprint density at radius 1 is 1.25 bits per heavy atom. The molecule has 234 valence electrons. The van der Waals surface area contributed by atoms with Gasteiger partial charge in [0.25, 0.3) is 17.5 Å². The van der Waals surface area contributed by atoms with E-state index in [1.807, 2.05) is 0 Å². The first-order valence-electron chi connectivity index (χ1n) is 13.2. The second-order valence-corrected chi connectivity index (χ2v) is 11.2. The van der Waals surface area contributed by atoms with Crippen LogP contribution in [-0.2, 0) is 17.0 Å². The summed E-state index contributed by atoms with van der Waals surface area (Å²) in [5.41, 5.74) is -3.38. The summed E-state index contributed by atoms with van der Waals surface area (Å²) < 4.78 is 42.5. The average molecular weight is 651 g/mol. The molecule has 16 heteroatoms. The van der Waals surface area contributed by atoms with E-state index in [4.69, 9.17) is 5.11 Å². The third-order valence-corrected chi connectivity index (χ3v) is 7.33. The Hall–Kier alpha value is -3.86. The van der Waals surface area contributed by atoms with Crippen LogP contribution in [0.4, 0.5) is 13.2 Å². The fraction of sp³-hybridized carbons (Fsp3) is 0.321. The largest absolute Gasteiger partial charge is 0.400 e. The number of aldehydes is 1. The molecular formula is C28H31F3N6O5P2. The second kappa shape index (κ2) is 15.2. The lowest BCUT2D eigenvalue weighted by Gasteiger charge is -2.20. The Bertz CT molecular complexity index is 1610. The van der Waals surface area contributed by atoms with E-state index in [1.165, 1.54) is 32.1 Å². The maximum absolute atomic E-state index is 13.9. The number of benzene rings is 1. The highest BCUT2D eigenvalue weighted by atomic mass is 31.0. The number of nitrogens with one attached hydrogen (secondary N) is 2. The number of allylic oxidation sites excluding steroid dienone is 2. The normalized spacial score (nSPS) is 20.5. The molecule has 1 aromatic carbocycles. The fourth-order valence-corrected chi connectivity index (χ4v) is 4.98. The van der Waals surface area contributed by atoms with Crippen LogP contribution in [0.3, 0.4) is 0 Å². The molecule has 2 amide bonds. The minimum atomic E-state index is -3.50. The summed E-state index contributed by atoms with van der Waals surface area (Å²) in [7, 11) is 4.67. The molecule has 5 unspecified atom stereocenters. The lowest BCUT2D eigenvalue weighted by atomic mass is 9.99. The van der Waals surface area contributed by atoms with E-state index >= 15 is 0 Å². The number of nitrogens with zero attached hydrogens (tertiary/aromatic N) is 4. The van der Waals surface area contributed by atoms with E-state index < -0.39 is 40.9 Å². The van der Waals surface area contributed by atoms with Crippen LogP contribution in [0.1, 0.15) is 51.9 Å². The number of carbonyl (C=O) groups excluding carboxylic acids is 3. The van der Waals surface area contributed by atoms with Crippen LogP contribution in [0.25, 0.3) is 5.65 Å². The molecule has 5 atom stereocenters. The molecule has 0 saturated carbocycles. The van der Waals surface area contributed by atoms with E-state index in [2.05, 4.69) is 35.1 Å². The monoisotopic (exact) mass is 650 g/mol. The number of halogens is 3. The zero-order valence-corrected chi connectivity index (χ0v) is 26.0. The molecule has 2 aromatic heterocycles. The van der Waals surface area contributed by atoms with Crippen LogP contribution in [0, 0.1) is 16.6 Å². The van der Waals surface area contributed by atoms with Crippen LogP contribution < -0.4 is 15.9 Å². The van der Waals surface area contributed by atoms with Crippen LogP contribution in [-0.4, -0.2) is 57.0 Å². The van der Waals surface area contributed by atoms with E-state index in [9.17, 15) is 32.5 Å². The van der Waals surface area contributed by atoms with Crippen molar-refractivity contribution in [3.8, 4) is 0 Å². The maximum atomic E-state index is 13.9. The molecular weight excluding hydrogens is 619 g/mol. The first kappa shape index (κ1) is 34.6. The number of aliphatic hydroxyl groups is 1. The van der Waals surface area contributed by atoms with Gasteiger partial charge in [0, 0.05) is 30.9 Å². The third-order valence-electron chi connectivity index (χ3n) is 6.61. The van der Waals surface area contributed by atoms with E-state index in [1.54, 1.807) is 25.2 Å². The van der Waals surface area contributed by atoms with E-state index in [-0.39, 0.29) is 41.5 Å². The average Bonchev–Trinajstić information content (AvgIpc) is 3.40. The predicted octanol–water partition coefficient (Wildman–Crippen LogP) is 3.18. The molecule has 11 nitrogen and oxygen atoms in total. The minimum Gasteiger partial charge on any atom is -0.400 e. The fourth-order valence-electron chi connectivity index (χ4n) is 4.50. The predicted molar refractivity (Wildman–Crippen MR) is 164 cm³/mol. The Morgan fingerprint density at radius 2 is 1.98 bits per heavy atom. The Balaban J connectivity index is 0.00000259. The zero-order valence-electron chi connectivity index (χ0n) is 23.7. The second-order valence-electron chi connectivity index (χ2n) is 9.83. The first-order valence-corrected chi connectivity index (χ1v) is 14.3. The van der Waals surface area contributed by atoms with Gasteiger partial charge in [0.1, 0.15) is 29.5 Å². The van der Waals surface area contributed by atoms with Gasteiger partial charge in [0.05, 0.1) is 17.8 Å². The molecule has 0 fully saturated rings. The summed E-state index contributed by atoms with van der Waals surface area (Å²) in [6.45, 7) is 1.56. The SMILES string of the molecule is C/C1=C\C(C=O)C/C=C/C(NC(=O)c2cc(C(=O)NCc3ccc(F)c(C(F)(F)P)c3)nc3c(P)cnn23)C(N=O)C1.CO. The van der Waals surface area contributed by atoms with Gasteiger partial charge in [-0.05, 0) is 37.5 Å². The minimum absolute atomic E-state index is 0.0680. The number of hydrogen-bond acceptors (Lipinski definition) is 8. The molecule has 0 bridgehead atoms. The molecule has 44 heavy (non-hydrogen) atoms. The lowest BCUT2D eigenvalue weighted by molar-refractivity contribution is -0.109. The summed E-state index contributed by atoms with van der Waals surface area (Å²) in [6.07, 6.45) is 7.90. The molecule has 3 aromatic rings. The summed E-state index contributed by atoms with van der Waals surface area (Å²) >= 11 is 0. The topological polar surface area (TPSA) is 155 Å². The Labute approximate surface area is 255 Å². The standard InChI is InChI=1S/C27H27F3N6O4P2.CH4O/c1-14-7-16(13-37)3-2-4-19(20(8-14)35-40)34-26(39)22-10-21(33-24-23(41)12-32-36(22)24)25(38)31-11-15-5-6-18(28)17(9-15)27(29,30)42;1-2/h2,4-7,9-10,12-13,16,19-20H,3,8,11,41-42H2,1H3,(H,31,38)(H,34,39);2H,1H3/b4-2+,14-7+;. The van der Waals surface area contributed by atoms with Crippen molar-refractivity contribution in [1.29, 1.82) is 0 Å². The first-order chi connectivity index (χ1) is 20.9. The number of aromatic nitrogens is 3. The van der Waals surface area contributed by atoms with Gasteiger partial charge in [0.2, 0.25) is 0 Å². The number of fused-ring (bicyclic) bond motifs is 1. The van der Waals surface area contributed by atoms with Crippen molar-refractivity contribution < 1.29 is 32.7 Å². The highest BCUT2D eigenvalue weighted by molar-refractivity contribution is 7.28. The van der Waals surface area contributed by atoms with Crippen molar-refractivity contribution in [2.24, 2.45) is 11.1 Å². The van der Waals surface area contributed by atoms with Crippen LogP contribution in [0.2, 0.25) is 0 Å².